The Kier molecular flexibility index (Phi) is 4.98. The number of rotatable bonds is 5. The van der Waals surface area contributed by atoms with Crippen molar-refractivity contribution in [1.29, 1.82) is 0 Å². The Morgan fingerprint density at radius 3 is 2.81 bits per heavy atom. The lowest BCUT2D eigenvalue weighted by atomic mass is 10.1. The van der Waals surface area contributed by atoms with E-state index >= 15 is 0 Å². The van der Waals surface area contributed by atoms with Crippen molar-refractivity contribution in [2.75, 3.05) is 13.7 Å². The molecule has 0 radical (unpaired) electrons. The van der Waals surface area contributed by atoms with Gasteiger partial charge in [-0.1, -0.05) is 0 Å². The Morgan fingerprint density at radius 2 is 2.07 bits per heavy atom. The number of amides is 1. The van der Waals surface area contributed by atoms with Crippen molar-refractivity contribution in [3.05, 3.63) is 68.4 Å². The highest BCUT2D eigenvalue weighted by molar-refractivity contribution is 5.96. The van der Waals surface area contributed by atoms with Gasteiger partial charge in [0.15, 0.2) is 5.75 Å². The van der Waals surface area contributed by atoms with Crippen LogP contribution in [-0.4, -0.2) is 29.2 Å². The molecular formula is C19H18N2O6. The fourth-order valence-electron chi connectivity index (χ4n) is 2.68. The first kappa shape index (κ1) is 18.2. The number of aromatic nitrogens is 1. The average molecular weight is 370 g/mol. The zero-order chi connectivity index (χ0) is 19.6. The van der Waals surface area contributed by atoms with Crippen LogP contribution >= 0.6 is 0 Å². The molecule has 8 nitrogen and oxygen atoms in total. The Bertz CT molecular complexity index is 1130. The lowest BCUT2D eigenvalue weighted by Gasteiger charge is -2.12. The average Bonchev–Trinajstić information content (AvgIpc) is 2.67. The number of ether oxygens (including phenoxy) is 1. The summed E-state index contributed by atoms with van der Waals surface area (Å²) in [7, 11) is 1.51. The Morgan fingerprint density at radius 1 is 1.30 bits per heavy atom. The molecule has 0 bridgehead atoms. The molecule has 3 rings (SSSR count). The SMILES string of the molecule is COc1ccc2c(=O)c(C(=O)NCCn3ccc(=O)c(O)c3C)coc2c1. The van der Waals surface area contributed by atoms with Gasteiger partial charge < -0.3 is 24.1 Å². The lowest BCUT2D eigenvalue weighted by molar-refractivity contribution is 0.0949. The van der Waals surface area contributed by atoms with E-state index < -0.39 is 16.8 Å². The summed E-state index contributed by atoms with van der Waals surface area (Å²) in [4.78, 5) is 36.2. The van der Waals surface area contributed by atoms with Crippen molar-refractivity contribution in [1.82, 2.24) is 9.88 Å². The van der Waals surface area contributed by atoms with Gasteiger partial charge in [-0.2, -0.15) is 0 Å². The van der Waals surface area contributed by atoms with Gasteiger partial charge in [-0.3, -0.25) is 14.4 Å². The first-order valence-corrected chi connectivity index (χ1v) is 8.19. The molecule has 3 aromatic rings. The van der Waals surface area contributed by atoms with Gasteiger partial charge in [-0.25, -0.2) is 0 Å². The van der Waals surface area contributed by atoms with Crippen LogP contribution in [0.2, 0.25) is 0 Å². The minimum atomic E-state index is -0.565. The van der Waals surface area contributed by atoms with Crippen LogP contribution in [0, 0.1) is 6.92 Å². The number of carbonyl (C=O) groups is 1. The van der Waals surface area contributed by atoms with Gasteiger partial charge in [0.05, 0.1) is 18.2 Å². The molecule has 27 heavy (non-hydrogen) atoms. The normalized spacial score (nSPS) is 10.7. The molecule has 0 saturated heterocycles. The fourth-order valence-corrected chi connectivity index (χ4v) is 2.68. The maximum absolute atomic E-state index is 12.5. The van der Waals surface area contributed by atoms with Crippen molar-refractivity contribution in [2.24, 2.45) is 0 Å². The van der Waals surface area contributed by atoms with E-state index in [0.29, 0.717) is 23.6 Å². The molecule has 0 aliphatic heterocycles. The number of pyridine rings is 1. The highest BCUT2D eigenvalue weighted by atomic mass is 16.5. The van der Waals surface area contributed by atoms with Crippen LogP contribution in [-0.2, 0) is 6.54 Å². The summed E-state index contributed by atoms with van der Waals surface area (Å²) in [5.41, 5.74) is -0.273. The van der Waals surface area contributed by atoms with Crippen molar-refractivity contribution in [2.45, 2.75) is 13.5 Å². The Labute approximate surface area is 153 Å². The number of aromatic hydroxyl groups is 1. The number of carbonyl (C=O) groups excluding carboxylic acids is 1. The van der Waals surface area contributed by atoms with Crippen molar-refractivity contribution >= 4 is 16.9 Å². The number of hydrogen-bond donors (Lipinski definition) is 2. The van der Waals surface area contributed by atoms with E-state index in [9.17, 15) is 19.5 Å². The molecule has 2 N–H and O–H groups in total. The maximum atomic E-state index is 12.5. The number of nitrogens with zero attached hydrogens (tertiary/aromatic N) is 1. The molecule has 2 heterocycles. The third-order valence-corrected chi connectivity index (χ3v) is 4.28. The highest BCUT2D eigenvalue weighted by Crippen LogP contribution is 2.18. The number of nitrogens with one attached hydrogen (secondary N) is 1. The quantitative estimate of drug-likeness (QED) is 0.702. The van der Waals surface area contributed by atoms with E-state index in [0.717, 1.165) is 6.26 Å². The molecule has 0 aliphatic rings. The monoisotopic (exact) mass is 370 g/mol. The molecule has 8 heteroatoms. The topological polar surface area (TPSA) is 111 Å². The van der Waals surface area contributed by atoms with Crippen LogP contribution in [0.5, 0.6) is 11.5 Å². The van der Waals surface area contributed by atoms with Gasteiger partial charge in [-0.15, -0.1) is 0 Å². The minimum Gasteiger partial charge on any atom is -0.503 e. The van der Waals surface area contributed by atoms with Crippen molar-refractivity contribution in [3.63, 3.8) is 0 Å². The summed E-state index contributed by atoms with van der Waals surface area (Å²) in [5.74, 6) is -0.346. The smallest absolute Gasteiger partial charge is 0.258 e. The highest BCUT2D eigenvalue weighted by Gasteiger charge is 2.15. The summed E-state index contributed by atoms with van der Waals surface area (Å²) in [6.07, 6.45) is 2.65. The molecule has 0 spiro atoms. The van der Waals surface area contributed by atoms with Crippen LogP contribution in [0.1, 0.15) is 16.1 Å². The number of fused-ring (bicyclic) bond motifs is 1. The van der Waals surface area contributed by atoms with Gasteiger partial charge in [0.1, 0.15) is 23.2 Å². The predicted octanol–water partition coefficient (Wildman–Crippen LogP) is 1.41. The summed E-state index contributed by atoms with van der Waals surface area (Å²) in [6.45, 7) is 2.12. The first-order valence-electron chi connectivity index (χ1n) is 8.19. The molecule has 0 unspecified atom stereocenters. The summed E-state index contributed by atoms with van der Waals surface area (Å²) < 4.78 is 12.1. The molecule has 0 saturated carbocycles. The first-order chi connectivity index (χ1) is 12.9. The summed E-state index contributed by atoms with van der Waals surface area (Å²) in [5, 5.41) is 12.6. The maximum Gasteiger partial charge on any atom is 0.258 e. The van der Waals surface area contributed by atoms with E-state index in [1.54, 1.807) is 29.7 Å². The van der Waals surface area contributed by atoms with E-state index in [1.165, 1.54) is 19.4 Å². The van der Waals surface area contributed by atoms with Gasteiger partial charge in [0, 0.05) is 31.4 Å². The second-order valence-electron chi connectivity index (χ2n) is 5.90. The van der Waals surface area contributed by atoms with Gasteiger partial charge >= 0.3 is 0 Å². The van der Waals surface area contributed by atoms with E-state index in [2.05, 4.69) is 5.32 Å². The number of methoxy groups -OCH3 is 1. The van der Waals surface area contributed by atoms with Gasteiger partial charge in [-0.05, 0) is 19.1 Å². The molecule has 2 aromatic heterocycles. The predicted molar refractivity (Wildman–Crippen MR) is 98.5 cm³/mol. The summed E-state index contributed by atoms with van der Waals surface area (Å²) >= 11 is 0. The van der Waals surface area contributed by atoms with E-state index in [4.69, 9.17) is 9.15 Å². The molecule has 140 valence electrons. The molecule has 1 aromatic carbocycles. The molecular weight excluding hydrogens is 352 g/mol. The Balaban J connectivity index is 1.75. The zero-order valence-corrected chi connectivity index (χ0v) is 14.8. The van der Waals surface area contributed by atoms with E-state index in [1.807, 2.05) is 0 Å². The third-order valence-electron chi connectivity index (χ3n) is 4.28. The van der Waals surface area contributed by atoms with Gasteiger partial charge in [0.2, 0.25) is 10.9 Å². The van der Waals surface area contributed by atoms with Crippen LogP contribution in [0.15, 0.2) is 50.7 Å². The number of benzene rings is 1. The minimum absolute atomic E-state index is 0.104. The van der Waals surface area contributed by atoms with Crippen molar-refractivity contribution in [3.8, 4) is 11.5 Å². The van der Waals surface area contributed by atoms with Crippen molar-refractivity contribution < 1.29 is 19.1 Å². The van der Waals surface area contributed by atoms with Crippen LogP contribution in [0.25, 0.3) is 11.0 Å². The standard InChI is InChI=1S/C19H18N2O6/c1-11-17(23)15(22)5-7-21(11)8-6-20-19(25)14-10-27-16-9-12(26-2)3-4-13(16)18(14)24/h3-5,7,9-10,23H,6,8H2,1-2H3,(H,20,25). The van der Waals surface area contributed by atoms with Gasteiger partial charge in [0.25, 0.3) is 5.91 Å². The number of hydrogen-bond acceptors (Lipinski definition) is 6. The lowest BCUT2D eigenvalue weighted by Crippen LogP contribution is -2.31. The van der Waals surface area contributed by atoms with E-state index in [-0.39, 0.29) is 23.2 Å². The largest absolute Gasteiger partial charge is 0.503 e. The molecule has 0 aliphatic carbocycles. The second kappa shape index (κ2) is 7.36. The Hall–Kier alpha value is -3.55. The third kappa shape index (κ3) is 3.55. The van der Waals surface area contributed by atoms with Crippen LogP contribution < -0.4 is 20.9 Å². The zero-order valence-electron chi connectivity index (χ0n) is 14.8. The molecule has 0 fully saturated rings. The molecule has 1 amide bonds. The molecule has 0 atom stereocenters. The second-order valence-corrected chi connectivity index (χ2v) is 5.90. The van der Waals surface area contributed by atoms with Crippen LogP contribution in [0.4, 0.5) is 0 Å². The summed E-state index contributed by atoms with van der Waals surface area (Å²) in [6, 6.07) is 5.98. The van der Waals surface area contributed by atoms with Crippen LogP contribution in [0.3, 0.4) is 0 Å². The fraction of sp³-hybridized carbons (Fsp3) is 0.211.